The first kappa shape index (κ1) is 13.5. The molecule has 5 nitrogen and oxygen atoms in total. The lowest BCUT2D eigenvalue weighted by Gasteiger charge is -2.33. The Labute approximate surface area is 115 Å². The van der Waals surface area contributed by atoms with Gasteiger partial charge >= 0.3 is 0 Å². The van der Waals surface area contributed by atoms with Gasteiger partial charge in [0.05, 0.1) is 0 Å². The van der Waals surface area contributed by atoms with E-state index in [0.29, 0.717) is 5.56 Å². The summed E-state index contributed by atoms with van der Waals surface area (Å²) in [5, 5.41) is 1.28. The van der Waals surface area contributed by atoms with Gasteiger partial charge in [0.2, 0.25) is 17.7 Å². The van der Waals surface area contributed by atoms with Crippen LogP contribution >= 0.6 is 11.6 Å². The highest BCUT2D eigenvalue weighted by atomic mass is 35.5. The van der Waals surface area contributed by atoms with Crippen LogP contribution in [0.4, 0.5) is 0 Å². The summed E-state index contributed by atoms with van der Waals surface area (Å²) in [6.07, 6.45) is 0. The van der Waals surface area contributed by atoms with Gasteiger partial charge < -0.3 is 4.90 Å². The maximum Gasteiger partial charge on any atom is 0.249 e. The second kappa shape index (κ2) is 5.40. The summed E-state index contributed by atoms with van der Waals surface area (Å²) in [6, 6.07) is 8.12. The summed E-state index contributed by atoms with van der Waals surface area (Å²) in [5.41, 5.74) is 0.639. The van der Waals surface area contributed by atoms with E-state index < -0.39 is 29.1 Å². The maximum atomic E-state index is 12.3. The summed E-state index contributed by atoms with van der Waals surface area (Å²) < 4.78 is 0. The largest absolute Gasteiger partial charge is 0.320 e. The van der Waals surface area contributed by atoms with Gasteiger partial charge in [-0.25, -0.2) is 0 Å². The van der Waals surface area contributed by atoms with Gasteiger partial charge in [-0.15, -0.1) is 11.6 Å². The zero-order valence-electron chi connectivity index (χ0n) is 10.3. The molecule has 0 aromatic heterocycles. The molecule has 0 aliphatic carbocycles. The van der Waals surface area contributed by atoms with Crippen molar-refractivity contribution in [1.29, 1.82) is 0 Å². The van der Waals surface area contributed by atoms with E-state index >= 15 is 0 Å². The van der Waals surface area contributed by atoms with Crippen LogP contribution in [0.25, 0.3) is 0 Å². The average molecular weight is 281 g/mol. The Morgan fingerprint density at radius 3 is 2.63 bits per heavy atom. The fraction of sp³-hybridized carbons (Fsp3) is 0.308. The highest BCUT2D eigenvalue weighted by molar-refractivity contribution is 6.31. The minimum atomic E-state index is -0.901. The Kier molecular flexibility index (Phi) is 3.85. The van der Waals surface area contributed by atoms with Gasteiger partial charge in [0.15, 0.2) is 0 Å². The van der Waals surface area contributed by atoms with Crippen molar-refractivity contribution in [2.75, 3.05) is 6.54 Å². The topological polar surface area (TPSA) is 66.5 Å². The molecular weight excluding hydrogens is 268 g/mol. The number of halogens is 1. The Morgan fingerprint density at radius 1 is 1.37 bits per heavy atom. The van der Waals surface area contributed by atoms with Crippen molar-refractivity contribution in [1.82, 2.24) is 10.2 Å². The molecule has 2 unspecified atom stereocenters. The zero-order chi connectivity index (χ0) is 14.0. The minimum absolute atomic E-state index is 0.151. The predicted molar refractivity (Wildman–Crippen MR) is 69.4 cm³/mol. The minimum Gasteiger partial charge on any atom is -0.320 e. The van der Waals surface area contributed by atoms with Gasteiger partial charge in [-0.3, -0.25) is 19.7 Å². The second-order valence-electron chi connectivity index (χ2n) is 4.33. The molecule has 2 rings (SSSR count). The lowest BCUT2D eigenvalue weighted by atomic mass is 10.1. The number of carbonyl (C=O) groups excluding carboxylic acids is 3. The Morgan fingerprint density at radius 2 is 2.00 bits per heavy atom. The first-order chi connectivity index (χ1) is 9.00. The van der Waals surface area contributed by atoms with Crippen LogP contribution < -0.4 is 5.32 Å². The van der Waals surface area contributed by atoms with Crippen molar-refractivity contribution in [2.45, 2.75) is 18.3 Å². The molecular formula is C13H13ClN2O3. The third kappa shape index (κ3) is 2.76. The molecule has 1 N–H and O–H groups in total. The summed E-state index contributed by atoms with van der Waals surface area (Å²) >= 11 is 6.12. The SMILES string of the molecule is CC1C(=O)NC(=O)CN1C(=O)C(Cl)c1ccccc1. The summed E-state index contributed by atoms with van der Waals surface area (Å²) in [4.78, 5) is 36.3. The molecule has 1 aromatic rings. The van der Waals surface area contributed by atoms with Crippen LogP contribution in [0, 0.1) is 0 Å². The van der Waals surface area contributed by atoms with Gasteiger partial charge in [-0.1, -0.05) is 30.3 Å². The first-order valence-corrected chi connectivity index (χ1v) is 6.27. The third-order valence-corrected chi connectivity index (χ3v) is 3.45. The first-order valence-electron chi connectivity index (χ1n) is 5.84. The molecule has 3 amide bonds. The molecule has 1 aromatic carbocycles. The zero-order valence-corrected chi connectivity index (χ0v) is 11.1. The number of nitrogens with zero attached hydrogens (tertiary/aromatic N) is 1. The number of hydrogen-bond acceptors (Lipinski definition) is 3. The molecule has 19 heavy (non-hydrogen) atoms. The number of hydrogen-bond donors (Lipinski definition) is 1. The lowest BCUT2D eigenvalue weighted by Crippen LogP contribution is -2.59. The molecule has 100 valence electrons. The summed E-state index contributed by atoms with van der Waals surface area (Å²) in [7, 11) is 0. The van der Waals surface area contributed by atoms with E-state index in [9.17, 15) is 14.4 Å². The Bertz CT molecular complexity index is 518. The van der Waals surface area contributed by atoms with Crippen molar-refractivity contribution >= 4 is 29.3 Å². The number of rotatable bonds is 2. The molecule has 1 heterocycles. The monoisotopic (exact) mass is 280 g/mol. The van der Waals surface area contributed by atoms with E-state index in [1.807, 2.05) is 6.07 Å². The van der Waals surface area contributed by atoms with Crippen LogP contribution in [0.3, 0.4) is 0 Å². The van der Waals surface area contributed by atoms with E-state index in [0.717, 1.165) is 0 Å². The second-order valence-corrected chi connectivity index (χ2v) is 4.76. The lowest BCUT2D eigenvalue weighted by molar-refractivity contribution is -0.149. The van der Waals surface area contributed by atoms with Gasteiger partial charge in [-0.05, 0) is 12.5 Å². The number of alkyl halides is 1. The van der Waals surface area contributed by atoms with Crippen LogP contribution in [0.5, 0.6) is 0 Å². The fourth-order valence-electron chi connectivity index (χ4n) is 1.89. The number of imide groups is 1. The molecule has 6 heteroatoms. The van der Waals surface area contributed by atoms with Crippen LogP contribution in [-0.2, 0) is 14.4 Å². The highest BCUT2D eigenvalue weighted by Crippen LogP contribution is 2.24. The molecule has 1 saturated heterocycles. The highest BCUT2D eigenvalue weighted by Gasteiger charge is 2.36. The van der Waals surface area contributed by atoms with Crippen molar-refractivity contribution in [3.63, 3.8) is 0 Å². The molecule has 0 saturated carbocycles. The summed E-state index contributed by atoms with van der Waals surface area (Å²) in [6.45, 7) is 1.41. The van der Waals surface area contributed by atoms with Crippen LogP contribution in [0.2, 0.25) is 0 Å². The van der Waals surface area contributed by atoms with E-state index in [1.165, 1.54) is 4.90 Å². The Balaban J connectivity index is 2.19. The number of nitrogens with one attached hydrogen (secondary N) is 1. The fourth-order valence-corrected chi connectivity index (χ4v) is 2.16. The van der Waals surface area contributed by atoms with Gasteiger partial charge in [-0.2, -0.15) is 0 Å². The van der Waals surface area contributed by atoms with Gasteiger partial charge in [0.25, 0.3) is 0 Å². The maximum absolute atomic E-state index is 12.3. The molecule has 0 spiro atoms. The number of piperazine rings is 1. The van der Waals surface area contributed by atoms with Crippen molar-refractivity contribution in [3.8, 4) is 0 Å². The molecule has 2 atom stereocenters. The van der Waals surface area contributed by atoms with Crippen molar-refractivity contribution in [3.05, 3.63) is 35.9 Å². The van der Waals surface area contributed by atoms with Crippen molar-refractivity contribution < 1.29 is 14.4 Å². The molecule has 1 aliphatic heterocycles. The molecule has 1 fully saturated rings. The van der Waals surface area contributed by atoms with E-state index in [-0.39, 0.29) is 6.54 Å². The average Bonchev–Trinajstić information content (AvgIpc) is 2.42. The number of amides is 3. The van der Waals surface area contributed by atoms with E-state index in [1.54, 1.807) is 31.2 Å². The number of carbonyl (C=O) groups is 3. The standard InChI is InChI=1S/C13H13ClN2O3/c1-8-12(18)15-10(17)7-16(8)13(19)11(14)9-5-3-2-4-6-9/h2-6,8,11H,7H2,1H3,(H,15,17,18). The molecule has 1 aliphatic rings. The smallest absolute Gasteiger partial charge is 0.249 e. The van der Waals surface area contributed by atoms with Gasteiger partial charge in [0, 0.05) is 0 Å². The van der Waals surface area contributed by atoms with E-state index in [2.05, 4.69) is 5.32 Å². The van der Waals surface area contributed by atoms with Crippen LogP contribution in [-0.4, -0.2) is 35.2 Å². The van der Waals surface area contributed by atoms with Crippen LogP contribution in [0.15, 0.2) is 30.3 Å². The predicted octanol–water partition coefficient (Wildman–Crippen LogP) is 0.840. The quantitative estimate of drug-likeness (QED) is 0.645. The summed E-state index contributed by atoms with van der Waals surface area (Å²) in [5.74, 6) is -1.42. The van der Waals surface area contributed by atoms with Crippen molar-refractivity contribution in [2.24, 2.45) is 0 Å². The third-order valence-electron chi connectivity index (χ3n) is 3.02. The normalized spacial score (nSPS) is 20.9. The van der Waals surface area contributed by atoms with Gasteiger partial charge in [0.1, 0.15) is 18.0 Å². The van der Waals surface area contributed by atoms with Crippen LogP contribution in [0.1, 0.15) is 17.9 Å². The van der Waals surface area contributed by atoms with E-state index in [4.69, 9.17) is 11.6 Å². The number of benzene rings is 1. The Hall–Kier alpha value is -1.88. The molecule has 0 bridgehead atoms. The molecule has 0 radical (unpaired) electrons.